The van der Waals surface area contributed by atoms with Crippen molar-refractivity contribution in [1.29, 1.82) is 0 Å². The first-order chi connectivity index (χ1) is 16.1. The zero-order valence-electron chi connectivity index (χ0n) is 19.2. The van der Waals surface area contributed by atoms with Gasteiger partial charge in [0.2, 0.25) is 5.91 Å². The van der Waals surface area contributed by atoms with Gasteiger partial charge in [0, 0.05) is 44.9 Å². The number of benzene rings is 1. The second-order valence-corrected chi connectivity index (χ2v) is 9.74. The van der Waals surface area contributed by atoms with Crippen LogP contribution < -0.4 is 5.32 Å². The minimum absolute atomic E-state index is 0.000237. The van der Waals surface area contributed by atoms with E-state index in [1.54, 1.807) is 6.26 Å². The van der Waals surface area contributed by atoms with Crippen molar-refractivity contribution in [2.45, 2.75) is 25.8 Å². The Labute approximate surface area is 195 Å². The topological polar surface area (TPSA) is 75.0 Å². The van der Waals surface area contributed by atoms with Crippen LogP contribution in [0.15, 0.2) is 47.1 Å². The molecular weight excluding hydrogens is 418 g/mol. The Kier molecular flexibility index (Phi) is 6.51. The number of fused-ring (bicyclic) bond motifs is 1. The molecule has 7 heteroatoms. The quantitative estimate of drug-likeness (QED) is 0.701. The van der Waals surface area contributed by atoms with Gasteiger partial charge in [0.25, 0.3) is 5.91 Å². The van der Waals surface area contributed by atoms with Crippen LogP contribution in [0.25, 0.3) is 0 Å². The molecule has 1 aromatic carbocycles. The van der Waals surface area contributed by atoms with Gasteiger partial charge in [-0.15, -0.1) is 0 Å². The number of ether oxygens (including phenoxy) is 1. The fourth-order valence-corrected chi connectivity index (χ4v) is 5.52. The van der Waals surface area contributed by atoms with Gasteiger partial charge < -0.3 is 24.3 Å². The minimum atomic E-state index is -0.0383. The molecule has 3 saturated heterocycles. The van der Waals surface area contributed by atoms with E-state index in [2.05, 4.69) is 22.3 Å². The molecule has 0 bridgehead atoms. The third-order valence-electron chi connectivity index (χ3n) is 7.46. The predicted molar refractivity (Wildman–Crippen MR) is 124 cm³/mol. The van der Waals surface area contributed by atoms with Gasteiger partial charge in [0.05, 0.1) is 24.8 Å². The van der Waals surface area contributed by atoms with Gasteiger partial charge in [0.1, 0.15) is 0 Å². The molecule has 176 valence electrons. The number of amides is 2. The highest BCUT2D eigenvalue weighted by atomic mass is 16.5. The van der Waals surface area contributed by atoms with Crippen molar-refractivity contribution in [2.24, 2.45) is 17.8 Å². The molecule has 4 heterocycles. The lowest BCUT2D eigenvalue weighted by Gasteiger charge is -2.25. The number of likely N-dealkylation sites (tertiary alicyclic amines) is 2. The number of furan rings is 1. The standard InChI is InChI=1S/C26H33N3O4/c1-18-8-12-33-24(18)26(31)29-15-21-13-28(14-22(21)16-29)10-7-23(19-5-3-2-4-6-19)27-25(30)20-9-11-32-17-20/h2-6,8,12,20-23H,7,9-11,13-17H2,1H3,(H,27,30)/t20?,21?,22?,23-/m0/s1. The molecule has 33 heavy (non-hydrogen) atoms. The average molecular weight is 452 g/mol. The number of rotatable bonds is 7. The summed E-state index contributed by atoms with van der Waals surface area (Å²) in [5.41, 5.74) is 2.05. The van der Waals surface area contributed by atoms with Crippen molar-refractivity contribution in [2.75, 3.05) is 45.9 Å². The van der Waals surface area contributed by atoms with Gasteiger partial charge in [-0.3, -0.25) is 9.59 Å². The molecule has 2 aromatic rings. The third kappa shape index (κ3) is 4.84. The second kappa shape index (κ2) is 9.69. The lowest BCUT2D eigenvalue weighted by Crippen LogP contribution is -2.37. The Bertz CT molecular complexity index is 955. The molecule has 3 aliphatic heterocycles. The summed E-state index contributed by atoms with van der Waals surface area (Å²) in [6.07, 6.45) is 3.26. The summed E-state index contributed by atoms with van der Waals surface area (Å²) in [6, 6.07) is 12.1. The van der Waals surface area contributed by atoms with Gasteiger partial charge in [0.15, 0.2) is 5.76 Å². The molecule has 3 unspecified atom stereocenters. The summed E-state index contributed by atoms with van der Waals surface area (Å²) in [7, 11) is 0. The molecule has 4 atom stereocenters. The van der Waals surface area contributed by atoms with Crippen molar-refractivity contribution in [3.05, 3.63) is 59.5 Å². The number of nitrogens with one attached hydrogen (secondary N) is 1. The molecule has 0 spiro atoms. The molecule has 1 N–H and O–H groups in total. The van der Waals surface area contributed by atoms with Crippen LogP contribution in [0.3, 0.4) is 0 Å². The fourth-order valence-electron chi connectivity index (χ4n) is 5.52. The number of hydrogen-bond donors (Lipinski definition) is 1. The number of hydrogen-bond acceptors (Lipinski definition) is 5. The van der Waals surface area contributed by atoms with Gasteiger partial charge in [-0.05, 0) is 43.2 Å². The normalized spacial score (nSPS) is 25.8. The first kappa shape index (κ1) is 22.2. The summed E-state index contributed by atoms with van der Waals surface area (Å²) in [4.78, 5) is 30.0. The zero-order valence-corrected chi connectivity index (χ0v) is 19.2. The first-order valence-electron chi connectivity index (χ1n) is 12.1. The van der Waals surface area contributed by atoms with Crippen molar-refractivity contribution in [3.63, 3.8) is 0 Å². The zero-order chi connectivity index (χ0) is 22.8. The van der Waals surface area contributed by atoms with Crippen LogP contribution >= 0.6 is 0 Å². The van der Waals surface area contributed by atoms with E-state index in [0.717, 1.165) is 56.7 Å². The smallest absolute Gasteiger partial charge is 0.289 e. The highest BCUT2D eigenvalue weighted by Crippen LogP contribution is 2.33. The van der Waals surface area contributed by atoms with Crippen LogP contribution in [0.2, 0.25) is 0 Å². The van der Waals surface area contributed by atoms with E-state index in [-0.39, 0.29) is 23.8 Å². The molecule has 5 rings (SSSR count). The summed E-state index contributed by atoms with van der Waals surface area (Å²) >= 11 is 0. The maximum atomic E-state index is 12.8. The summed E-state index contributed by atoms with van der Waals surface area (Å²) in [5.74, 6) is 1.56. The molecule has 3 fully saturated rings. The number of aryl methyl sites for hydroxylation is 1. The SMILES string of the molecule is Cc1ccoc1C(=O)N1CC2CN(CC[C@H](NC(=O)C3CCOC3)c3ccccc3)CC2C1. The lowest BCUT2D eigenvalue weighted by atomic mass is 10.0. The molecule has 7 nitrogen and oxygen atoms in total. The number of carbonyl (C=O) groups excluding carboxylic acids is 2. The van der Waals surface area contributed by atoms with E-state index in [4.69, 9.17) is 9.15 Å². The van der Waals surface area contributed by atoms with Gasteiger partial charge in [-0.1, -0.05) is 30.3 Å². The highest BCUT2D eigenvalue weighted by Gasteiger charge is 2.42. The van der Waals surface area contributed by atoms with E-state index < -0.39 is 0 Å². The van der Waals surface area contributed by atoms with E-state index in [0.29, 0.717) is 30.8 Å². The van der Waals surface area contributed by atoms with E-state index >= 15 is 0 Å². The van der Waals surface area contributed by atoms with Crippen LogP contribution in [0.1, 0.15) is 40.6 Å². The van der Waals surface area contributed by atoms with Gasteiger partial charge in [-0.2, -0.15) is 0 Å². The lowest BCUT2D eigenvalue weighted by molar-refractivity contribution is -0.125. The van der Waals surface area contributed by atoms with Crippen molar-refractivity contribution in [3.8, 4) is 0 Å². The maximum absolute atomic E-state index is 12.8. The van der Waals surface area contributed by atoms with E-state index in [1.807, 2.05) is 36.1 Å². The van der Waals surface area contributed by atoms with Crippen molar-refractivity contribution < 1.29 is 18.7 Å². The first-order valence-corrected chi connectivity index (χ1v) is 12.1. The minimum Gasteiger partial charge on any atom is -0.459 e. The highest BCUT2D eigenvalue weighted by molar-refractivity contribution is 5.93. The number of nitrogens with zero attached hydrogens (tertiary/aromatic N) is 2. The molecule has 0 saturated carbocycles. The largest absolute Gasteiger partial charge is 0.459 e. The van der Waals surface area contributed by atoms with Gasteiger partial charge >= 0.3 is 0 Å². The van der Waals surface area contributed by atoms with Crippen molar-refractivity contribution in [1.82, 2.24) is 15.1 Å². The monoisotopic (exact) mass is 451 g/mol. The molecular formula is C26H33N3O4. The van der Waals surface area contributed by atoms with Crippen LogP contribution in [-0.4, -0.2) is 67.6 Å². The summed E-state index contributed by atoms with van der Waals surface area (Å²) in [5, 5.41) is 3.28. The maximum Gasteiger partial charge on any atom is 0.289 e. The Morgan fingerprint density at radius 3 is 2.48 bits per heavy atom. The molecule has 1 aromatic heterocycles. The van der Waals surface area contributed by atoms with Crippen LogP contribution in [0.4, 0.5) is 0 Å². The Balaban J connectivity index is 1.15. The predicted octanol–water partition coefficient (Wildman–Crippen LogP) is 2.88. The Morgan fingerprint density at radius 2 is 1.85 bits per heavy atom. The van der Waals surface area contributed by atoms with Crippen LogP contribution in [-0.2, 0) is 9.53 Å². The van der Waals surface area contributed by atoms with E-state index in [9.17, 15) is 9.59 Å². The van der Waals surface area contributed by atoms with Crippen LogP contribution in [0.5, 0.6) is 0 Å². The van der Waals surface area contributed by atoms with E-state index in [1.165, 1.54) is 0 Å². The third-order valence-corrected chi connectivity index (χ3v) is 7.46. The van der Waals surface area contributed by atoms with Crippen molar-refractivity contribution >= 4 is 11.8 Å². The number of carbonyl (C=O) groups is 2. The fraction of sp³-hybridized carbons (Fsp3) is 0.538. The Morgan fingerprint density at radius 1 is 1.09 bits per heavy atom. The summed E-state index contributed by atoms with van der Waals surface area (Å²) < 4.78 is 10.8. The average Bonchev–Trinajstić information content (AvgIpc) is 3.61. The van der Waals surface area contributed by atoms with Crippen LogP contribution in [0, 0.1) is 24.7 Å². The molecule has 3 aliphatic rings. The van der Waals surface area contributed by atoms with Gasteiger partial charge in [-0.25, -0.2) is 0 Å². The molecule has 2 amide bonds. The summed E-state index contributed by atoms with van der Waals surface area (Å²) in [6.45, 7) is 7.62. The molecule has 0 aliphatic carbocycles. The second-order valence-electron chi connectivity index (χ2n) is 9.74. The molecule has 0 radical (unpaired) electrons. The Hall–Kier alpha value is -2.64.